The fraction of sp³-hybridized carbons (Fsp3) is 0.727. The maximum absolute atomic E-state index is 8.90. The third kappa shape index (κ3) is 3.87. The molecule has 0 fully saturated rings. The van der Waals surface area contributed by atoms with Gasteiger partial charge >= 0.3 is 0 Å². The monoisotopic (exact) mass is 228 g/mol. The molecule has 1 aromatic heterocycles. The summed E-state index contributed by atoms with van der Waals surface area (Å²) >= 11 is 1.85. The molecule has 0 radical (unpaired) electrons. The Kier molecular flexibility index (Phi) is 5.19. The zero-order valence-electron chi connectivity index (χ0n) is 9.68. The van der Waals surface area contributed by atoms with Gasteiger partial charge in [0.25, 0.3) is 0 Å². The minimum absolute atomic E-state index is 0.274. The second-order valence-corrected chi connectivity index (χ2v) is 5.22. The van der Waals surface area contributed by atoms with Gasteiger partial charge in [-0.1, -0.05) is 6.92 Å². The summed E-state index contributed by atoms with van der Waals surface area (Å²) in [6.07, 6.45) is 3.81. The molecule has 4 heteroatoms. The van der Waals surface area contributed by atoms with Crippen molar-refractivity contribution in [2.75, 3.05) is 12.4 Å². The molecule has 0 bridgehead atoms. The van der Waals surface area contributed by atoms with Crippen LogP contribution in [-0.2, 0) is 5.75 Å². The highest BCUT2D eigenvalue weighted by molar-refractivity contribution is 7.98. The lowest BCUT2D eigenvalue weighted by molar-refractivity contribution is 0.250. The summed E-state index contributed by atoms with van der Waals surface area (Å²) in [6, 6.07) is 0.471. The Morgan fingerprint density at radius 3 is 2.80 bits per heavy atom. The van der Waals surface area contributed by atoms with E-state index in [1.54, 1.807) is 0 Å². The highest BCUT2D eigenvalue weighted by Crippen LogP contribution is 2.17. The van der Waals surface area contributed by atoms with Crippen molar-refractivity contribution in [3.8, 4) is 0 Å². The number of aromatic nitrogens is 2. The third-order valence-electron chi connectivity index (χ3n) is 2.27. The lowest BCUT2D eigenvalue weighted by Gasteiger charge is -2.12. The van der Waals surface area contributed by atoms with E-state index in [1.807, 2.05) is 24.3 Å². The van der Waals surface area contributed by atoms with Crippen LogP contribution in [0, 0.1) is 5.92 Å². The highest BCUT2D eigenvalue weighted by atomic mass is 32.2. The molecule has 0 spiro atoms. The maximum Gasteiger partial charge on any atom is 0.0950 e. The Hall–Kier alpha value is -0.480. The second-order valence-electron chi connectivity index (χ2n) is 4.19. The van der Waals surface area contributed by atoms with Gasteiger partial charge in [0.1, 0.15) is 0 Å². The van der Waals surface area contributed by atoms with Crippen molar-refractivity contribution in [3.63, 3.8) is 0 Å². The Morgan fingerprint density at radius 1 is 1.47 bits per heavy atom. The fourth-order valence-electron chi connectivity index (χ4n) is 1.33. The van der Waals surface area contributed by atoms with Crippen LogP contribution in [-0.4, -0.2) is 27.0 Å². The summed E-state index contributed by atoms with van der Waals surface area (Å²) in [5, 5.41) is 8.90. The van der Waals surface area contributed by atoms with E-state index in [-0.39, 0.29) is 6.61 Å². The van der Waals surface area contributed by atoms with E-state index in [0.29, 0.717) is 12.0 Å². The van der Waals surface area contributed by atoms with Gasteiger partial charge < -0.3 is 9.67 Å². The predicted molar refractivity (Wildman–Crippen MR) is 65.0 cm³/mol. The smallest absolute Gasteiger partial charge is 0.0950 e. The van der Waals surface area contributed by atoms with Crippen molar-refractivity contribution in [2.24, 2.45) is 5.92 Å². The summed E-state index contributed by atoms with van der Waals surface area (Å²) in [7, 11) is 0. The Bertz CT molecular complexity index is 286. The summed E-state index contributed by atoms with van der Waals surface area (Å²) < 4.78 is 2.19. The van der Waals surface area contributed by atoms with Gasteiger partial charge in [0.15, 0.2) is 0 Å². The first-order chi connectivity index (χ1) is 7.15. The Morgan fingerprint density at radius 2 is 2.20 bits per heavy atom. The molecule has 0 saturated heterocycles. The van der Waals surface area contributed by atoms with Gasteiger partial charge in [0.2, 0.25) is 0 Å². The number of aliphatic hydroxyl groups is 1. The molecule has 1 unspecified atom stereocenters. The van der Waals surface area contributed by atoms with Crippen LogP contribution in [0.4, 0.5) is 0 Å². The first-order valence-electron chi connectivity index (χ1n) is 5.34. The number of hydrogen-bond donors (Lipinski definition) is 1. The first kappa shape index (κ1) is 12.6. The highest BCUT2D eigenvalue weighted by Gasteiger charge is 2.06. The number of imidazole rings is 1. The minimum Gasteiger partial charge on any atom is -0.396 e. The predicted octanol–water partition coefficient (Wildman–Crippen LogP) is 2.33. The first-order valence-corrected chi connectivity index (χ1v) is 6.50. The normalized spacial score (nSPS) is 13.4. The van der Waals surface area contributed by atoms with Crippen LogP contribution >= 0.6 is 11.8 Å². The molecule has 86 valence electrons. The van der Waals surface area contributed by atoms with Gasteiger partial charge in [-0.25, -0.2) is 4.98 Å². The van der Waals surface area contributed by atoms with Gasteiger partial charge in [0, 0.05) is 30.3 Å². The van der Waals surface area contributed by atoms with Gasteiger partial charge in [0.05, 0.1) is 6.33 Å². The third-order valence-corrected chi connectivity index (χ3v) is 3.57. The molecule has 0 amide bonds. The van der Waals surface area contributed by atoms with Gasteiger partial charge in [-0.2, -0.15) is 11.8 Å². The number of nitrogens with zero attached hydrogens (tertiary/aromatic N) is 2. The minimum atomic E-state index is 0.274. The Balaban J connectivity index is 2.40. The van der Waals surface area contributed by atoms with Crippen molar-refractivity contribution in [3.05, 3.63) is 18.2 Å². The van der Waals surface area contributed by atoms with Crippen LogP contribution in [0.15, 0.2) is 12.5 Å². The van der Waals surface area contributed by atoms with Crippen molar-refractivity contribution < 1.29 is 5.11 Å². The second kappa shape index (κ2) is 6.18. The molecular weight excluding hydrogens is 208 g/mol. The van der Waals surface area contributed by atoms with E-state index < -0.39 is 0 Å². The van der Waals surface area contributed by atoms with Crippen LogP contribution in [0.5, 0.6) is 0 Å². The maximum atomic E-state index is 8.90. The average molecular weight is 228 g/mol. The average Bonchev–Trinajstić information content (AvgIpc) is 2.65. The van der Waals surface area contributed by atoms with Crippen molar-refractivity contribution in [1.29, 1.82) is 0 Å². The molecule has 1 aromatic rings. The molecule has 3 nitrogen and oxygen atoms in total. The standard InChI is InChI=1S/C11H20N2OS/c1-9(2)13-8-12-4-11(13)7-15-6-10(3)5-14/h4,8-10,14H,5-7H2,1-3H3. The van der Waals surface area contributed by atoms with E-state index in [4.69, 9.17) is 5.11 Å². The van der Waals surface area contributed by atoms with Crippen LogP contribution in [0.1, 0.15) is 32.5 Å². The van der Waals surface area contributed by atoms with E-state index in [2.05, 4.69) is 30.3 Å². The molecule has 0 aromatic carbocycles. The van der Waals surface area contributed by atoms with Crippen LogP contribution in [0.2, 0.25) is 0 Å². The molecule has 0 saturated carbocycles. The lowest BCUT2D eigenvalue weighted by Crippen LogP contribution is -2.06. The molecule has 1 rings (SSSR count). The van der Waals surface area contributed by atoms with Crippen molar-refractivity contribution >= 4 is 11.8 Å². The molecule has 0 aliphatic rings. The quantitative estimate of drug-likeness (QED) is 0.812. The van der Waals surface area contributed by atoms with Crippen molar-refractivity contribution in [2.45, 2.75) is 32.6 Å². The summed E-state index contributed by atoms with van der Waals surface area (Å²) in [5.41, 5.74) is 1.26. The molecule has 1 N–H and O–H groups in total. The van der Waals surface area contributed by atoms with E-state index >= 15 is 0 Å². The summed E-state index contributed by atoms with van der Waals surface area (Å²) in [5.74, 6) is 2.35. The van der Waals surface area contributed by atoms with Gasteiger partial charge in [-0.05, 0) is 25.5 Å². The zero-order valence-corrected chi connectivity index (χ0v) is 10.5. The summed E-state index contributed by atoms with van der Waals surface area (Å²) in [6.45, 7) is 6.65. The van der Waals surface area contributed by atoms with E-state index in [0.717, 1.165) is 11.5 Å². The molecule has 15 heavy (non-hydrogen) atoms. The molecule has 1 heterocycles. The molecule has 1 atom stereocenters. The van der Waals surface area contributed by atoms with Gasteiger partial charge in [-0.3, -0.25) is 0 Å². The Labute approximate surface area is 95.9 Å². The van der Waals surface area contributed by atoms with Crippen LogP contribution < -0.4 is 0 Å². The topological polar surface area (TPSA) is 38.1 Å². The van der Waals surface area contributed by atoms with Crippen LogP contribution in [0.25, 0.3) is 0 Å². The SMILES string of the molecule is CC(CO)CSCc1cncn1C(C)C. The van der Waals surface area contributed by atoms with E-state index in [9.17, 15) is 0 Å². The zero-order chi connectivity index (χ0) is 11.3. The molecule has 0 aliphatic carbocycles. The number of thioether (sulfide) groups is 1. The summed E-state index contributed by atoms with van der Waals surface area (Å²) in [4.78, 5) is 4.16. The number of aliphatic hydroxyl groups excluding tert-OH is 1. The van der Waals surface area contributed by atoms with Crippen molar-refractivity contribution in [1.82, 2.24) is 9.55 Å². The van der Waals surface area contributed by atoms with Crippen LogP contribution in [0.3, 0.4) is 0 Å². The van der Waals surface area contributed by atoms with Gasteiger partial charge in [-0.15, -0.1) is 0 Å². The molecular formula is C11H20N2OS. The van der Waals surface area contributed by atoms with E-state index in [1.165, 1.54) is 5.69 Å². The lowest BCUT2D eigenvalue weighted by atomic mass is 10.2. The number of hydrogen-bond acceptors (Lipinski definition) is 3. The molecule has 0 aliphatic heterocycles. The largest absolute Gasteiger partial charge is 0.396 e. The number of rotatable bonds is 6. The fourth-order valence-corrected chi connectivity index (χ4v) is 2.38.